The molecule has 7 nitrogen and oxygen atoms in total. The zero-order valence-corrected chi connectivity index (χ0v) is 18.3. The maximum Gasteiger partial charge on any atom is 0.408 e. The fraction of sp³-hybridized carbons (Fsp3) is 0.250. The molecule has 0 saturated carbocycles. The fourth-order valence-electron chi connectivity index (χ4n) is 3.20. The number of benzene rings is 2. The van der Waals surface area contributed by atoms with Crippen molar-refractivity contribution in [2.24, 2.45) is 0 Å². The van der Waals surface area contributed by atoms with Crippen LogP contribution in [0, 0.1) is 10.1 Å². The van der Waals surface area contributed by atoms with Crippen LogP contribution in [0.4, 0.5) is 19.3 Å². The van der Waals surface area contributed by atoms with Crippen LogP contribution >= 0.6 is 0 Å². The zero-order valence-electron chi connectivity index (χ0n) is 18.3. The van der Waals surface area contributed by atoms with Crippen molar-refractivity contribution in [3.8, 4) is 22.4 Å². The summed E-state index contributed by atoms with van der Waals surface area (Å²) in [6.07, 6.45) is -2.65. The molecule has 0 saturated heterocycles. The first kappa shape index (κ1) is 23.8. The zero-order chi connectivity index (χ0) is 24.2. The Balaban J connectivity index is 1.95. The van der Waals surface area contributed by atoms with Crippen molar-refractivity contribution in [2.75, 3.05) is 0 Å². The van der Waals surface area contributed by atoms with E-state index in [0.29, 0.717) is 16.8 Å². The maximum absolute atomic E-state index is 13.7. The van der Waals surface area contributed by atoms with Crippen LogP contribution in [0.3, 0.4) is 0 Å². The summed E-state index contributed by atoms with van der Waals surface area (Å²) >= 11 is 0. The summed E-state index contributed by atoms with van der Waals surface area (Å²) in [5.74, 6) is 0. The van der Waals surface area contributed by atoms with Gasteiger partial charge in [0.25, 0.3) is 12.1 Å². The third-order valence-corrected chi connectivity index (χ3v) is 4.64. The molecule has 0 spiro atoms. The summed E-state index contributed by atoms with van der Waals surface area (Å²) in [7, 11) is 0. The van der Waals surface area contributed by atoms with E-state index in [-0.39, 0.29) is 11.3 Å². The van der Waals surface area contributed by atoms with Gasteiger partial charge >= 0.3 is 6.09 Å². The normalized spacial score (nSPS) is 12.3. The standard InChI is InChI=1S/C24H23F2N3O4/c1-24(2,3)33-23(30)28-21(22(25)26)17-11-9-16(10-12-17)20-19(15-7-5-4-6-8-15)13-18(14-27-20)29(31)32/h4-14,21-22H,1-3H3,(H,28,30)/t21-/m0/s1. The van der Waals surface area contributed by atoms with Crippen LogP contribution in [-0.2, 0) is 4.74 Å². The Morgan fingerprint density at radius 2 is 1.70 bits per heavy atom. The summed E-state index contributed by atoms with van der Waals surface area (Å²) in [5, 5.41) is 13.4. The van der Waals surface area contributed by atoms with Crippen molar-refractivity contribution < 1.29 is 23.2 Å². The number of nitro groups is 1. The van der Waals surface area contributed by atoms with Gasteiger partial charge in [0.05, 0.1) is 10.6 Å². The first-order valence-electron chi connectivity index (χ1n) is 10.1. The summed E-state index contributed by atoms with van der Waals surface area (Å²) in [4.78, 5) is 27.0. The third kappa shape index (κ3) is 6.09. The second-order valence-corrected chi connectivity index (χ2v) is 8.29. The number of carbonyl (C=O) groups excluding carboxylic acids is 1. The Bertz CT molecular complexity index is 1130. The summed E-state index contributed by atoms with van der Waals surface area (Å²) in [6, 6.07) is 15.0. The van der Waals surface area contributed by atoms with Crippen molar-refractivity contribution in [2.45, 2.75) is 38.8 Å². The quantitative estimate of drug-likeness (QED) is 0.355. The van der Waals surface area contributed by atoms with Gasteiger partial charge in [0.2, 0.25) is 0 Å². The lowest BCUT2D eigenvalue weighted by Gasteiger charge is -2.23. The Hall–Kier alpha value is -3.88. The van der Waals surface area contributed by atoms with Gasteiger partial charge < -0.3 is 10.1 Å². The number of alkyl halides is 2. The van der Waals surface area contributed by atoms with Crippen LogP contribution in [-0.4, -0.2) is 28.0 Å². The van der Waals surface area contributed by atoms with Crippen LogP contribution in [0.1, 0.15) is 32.4 Å². The number of alkyl carbamates (subject to hydrolysis) is 1. The van der Waals surface area contributed by atoms with Gasteiger partial charge in [-0.25, -0.2) is 18.6 Å². The lowest BCUT2D eigenvalue weighted by atomic mass is 9.97. The molecule has 0 radical (unpaired) electrons. The number of pyridine rings is 1. The van der Waals surface area contributed by atoms with E-state index in [0.717, 1.165) is 11.8 Å². The van der Waals surface area contributed by atoms with Crippen LogP contribution in [0.15, 0.2) is 66.9 Å². The minimum atomic E-state index is -2.86. The fourth-order valence-corrected chi connectivity index (χ4v) is 3.20. The average Bonchev–Trinajstić information content (AvgIpc) is 2.76. The van der Waals surface area contributed by atoms with Gasteiger partial charge in [-0.2, -0.15) is 0 Å². The number of hydrogen-bond donors (Lipinski definition) is 1. The molecule has 0 unspecified atom stereocenters. The van der Waals surface area contributed by atoms with E-state index in [2.05, 4.69) is 10.3 Å². The van der Waals surface area contributed by atoms with Gasteiger partial charge in [-0.15, -0.1) is 0 Å². The smallest absolute Gasteiger partial charge is 0.408 e. The lowest BCUT2D eigenvalue weighted by molar-refractivity contribution is -0.385. The maximum atomic E-state index is 13.7. The second kappa shape index (κ2) is 9.72. The highest BCUT2D eigenvalue weighted by Gasteiger charge is 2.27. The van der Waals surface area contributed by atoms with Gasteiger partial charge in [-0.3, -0.25) is 10.1 Å². The largest absolute Gasteiger partial charge is 0.444 e. The minimum Gasteiger partial charge on any atom is -0.444 e. The highest BCUT2D eigenvalue weighted by Crippen LogP contribution is 2.34. The number of aromatic nitrogens is 1. The van der Waals surface area contributed by atoms with E-state index < -0.39 is 29.1 Å². The topological polar surface area (TPSA) is 94.4 Å². The molecule has 3 rings (SSSR count). The average molecular weight is 455 g/mol. The van der Waals surface area contributed by atoms with Crippen molar-refractivity contribution in [3.63, 3.8) is 0 Å². The molecule has 0 fully saturated rings. The number of ether oxygens (including phenoxy) is 1. The van der Waals surface area contributed by atoms with Crippen molar-refractivity contribution in [3.05, 3.63) is 82.5 Å². The number of nitrogens with zero attached hydrogens (tertiary/aromatic N) is 2. The molecule has 33 heavy (non-hydrogen) atoms. The number of halogens is 2. The molecular weight excluding hydrogens is 432 g/mol. The van der Waals surface area contributed by atoms with E-state index in [1.54, 1.807) is 57.2 Å². The van der Waals surface area contributed by atoms with Gasteiger partial charge in [0.15, 0.2) is 0 Å². The van der Waals surface area contributed by atoms with Gasteiger partial charge in [-0.05, 0) is 31.9 Å². The third-order valence-electron chi connectivity index (χ3n) is 4.64. The molecular formula is C24H23F2N3O4. The molecule has 0 aliphatic rings. The SMILES string of the molecule is CC(C)(C)OC(=O)N[C@@H](c1ccc(-c2ncc([N+](=O)[O-])cc2-c2ccccc2)cc1)C(F)F. The molecule has 172 valence electrons. The molecule has 1 atom stereocenters. The molecule has 0 aliphatic heterocycles. The van der Waals surface area contributed by atoms with Crippen LogP contribution in [0.25, 0.3) is 22.4 Å². The van der Waals surface area contributed by atoms with E-state index in [1.807, 2.05) is 6.07 Å². The number of nitrogens with one attached hydrogen (secondary N) is 1. The van der Waals surface area contributed by atoms with Gasteiger partial charge in [0, 0.05) is 17.2 Å². The van der Waals surface area contributed by atoms with E-state index in [1.165, 1.54) is 18.2 Å². The van der Waals surface area contributed by atoms with Crippen LogP contribution < -0.4 is 5.32 Å². The molecule has 1 N–H and O–H groups in total. The predicted molar refractivity (Wildman–Crippen MR) is 120 cm³/mol. The van der Waals surface area contributed by atoms with E-state index >= 15 is 0 Å². The summed E-state index contributed by atoms with van der Waals surface area (Å²) in [5.41, 5.74) is 1.51. The highest BCUT2D eigenvalue weighted by molar-refractivity contribution is 5.82. The van der Waals surface area contributed by atoms with Crippen molar-refractivity contribution in [1.82, 2.24) is 10.3 Å². The predicted octanol–water partition coefficient (Wildman–Crippen LogP) is 6.15. The van der Waals surface area contributed by atoms with E-state index in [9.17, 15) is 23.7 Å². The first-order valence-corrected chi connectivity index (χ1v) is 10.1. The molecule has 3 aromatic rings. The second-order valence-electron chi connectivity index (χ2n) is 8.29. The molecule has 0 aliphatic carbocycles. The number of rotatable bonds is 6. The first-order chi connectivity index (χ1) is 15.5. The summed E-state index contributed by atoms with van der Waals surface area (Å²) in [6.45, 7) is 4.92. The monoisotopic (exact) mass is 455 g/mol. The van der Waals surface area contributed by atoms with Crippen LogP contribution in [0.2, 0.25) is 0 Å². The Morgan fingerprint density at radius 1 is 1.06 bits per heavy atom. The molecule has 1 aromatic heterocycles. The molecule has 1 heterocycles. The molecule has 2 aromatic carbocycles. The van der Waals surface area contributed by atoms with Crippen LogP contribution in [0.5, 0.6) is 0 Å². The Kier molecular flexibility index (Phi) is 7.01. The molecule has 1 amide bonds. The van der Waals surface area contributed by atoms with E-state index in [4.69, 9.17) is 4.74 Å². The van der Waals surface area contributed by atoms with Crippen molar-refractivity contribution >= 4 is 11.8 Å². The molecule has 9 heteroatoms. The highest BCUT2D eigenvalue weighted by atomic mass is 19.3. The number of amides is 1. The van der Waals surface area contributed by atoms with Gasteiger partial charge in [-0.1, -0.05) is 54.6 Å². The minimum absolute atomic E-state index is 0.159. The Morgan fingerprint density at radius 3 is 2.24 bits per heavy atom. The summed E-state index contributed by atoms with van der Waals surface area (Å²) < 4.78 is 32.4. The lowest BCUT2D eigenvalue weighted by Crippen LogP contribution is -2.37. The number of carbonyl (C=O) groups is 1. The van der Waals surface area contributed by atoms with Crippen molar-refractivity contribution in [1.29, 1.82) is 0 Å². The Labute approximate surface area is 189 Å². The molecule has 0 bridgehead atoms. The number of hydrogen-bond acceptors (Lipinski definition) is 5. The van der Waals surface area contributed by atoms with Gasteiger partial charge in [0.1, 0.15) is 17.8 Å².